The molecular formula is C11H13N3O2S2. The molecule has 5 nitrogen and oxygen atoms in total. The molecule has 96 valence electrons. The molecule has 0 fully saturated rings. The van der Waals surface area contributed by atoms with Gasteiger partial charge in [-0.15, -0.1) is 11.3 Å². The minimum absolute atomic E-state index is 0.172. The van der Waals surface area contributed by atoms with Gasteiger partial charge in [-0.3, -0.25) is 4.79 Å². The van der Waals surface area contributed by atoms with Crippen LogP contribution in [0.1, 0.15) is 27.2 Å². The molecule has 1 atom stereocenters. The van der Waals surface area contributed by atoms with Crippen LogP contribution in [0.3, 0.4) is 0 Å². The smallest absolute Gasteiger partial charge is 0.270 e. The maximum Gasteiger partial charge on any atom is 0.270 e. The summed E-state index contributed by atoms with van der Waals surface area (Å²) in [6, 6.07) is 1.83. The second-order valence-electron chi connectivity index (χ2n) is 3.61. The molecule has 0 bridgehead atoms. The van der Waals surface area contributed by atoms with Crippen LogP contribution in [0.2, 0.25) is 0 Å². The van der Waals surface area contributed by atoms with Crippen LogP contribution >= 0.6 is 22.7 Å². The Morgan fingerprint density at radius 2 is 2.39 bits per heavy atom. The molecule has 2 heterocycles. The molecule has 2 rings (SSSR count). The van der Waals surface area contributed by atoms with Crippen molar-refractivity contribution in [2.75, 3.05) is 6.54 Å². The Morgan fingerprint density at radius 1 is 1.56 bits per heavy atom. The number of amides is 1. The lowest BCUT2D eigenvalue weighted by molar-refractivity contribution is 0.0912. The van der Waals surface area contributed by atoms with Gasteiger partial charge in [-0.1, -0.05) is 0 Å². The quantitative estimate of drug-likeness (QED) is 0.767. The molecular weight excluding hydrogens is 270 g/mol. The van der Waals surface area contributed by atoms with E-state index in [1.165, 1.54) is 22.7 Å². The highest BCUT2D eigenvalue weighted by atomic mass is 32.1. The number of nitrogens with one attached hydrogen (secondary N) is 1. The van der Waals surface area contributed by atoms with Crippen LogP contribution in [0.25, 0.3) is 0 Å². The molecule has 0 aliphatic rings. The van der Waals surface area contributed by atoms with Crippen molar-refractivity contribution in [3.63, 3.8) is 0 Å². The Kier molecular flexibility index (Phi) is 4.43. The van der Waals surface area contributed by atoms with E-state index in [1.807, 2.05) is 16.8 Å². The largest absolute Gasteiger partial charge is 0.387 e. The molecule has 4 N–H and O–H groups in total. The summed E-state index contributed by atoms with van der Waals surface area (Å²) < 4.78 is 0. The SMILES string of the molecule is NCc1nc(C(=O)NCC(O)c2ccsc2)cs1. The minimum atomic E-state index is -0.687. The van der Waals surface area contributed by atoms with Gasteiger partial charge in [-0.2, -0.15) is 11.3 Å². The summed E-state index contributed by atoms with van der Waals surface area (Å²) in [6.45, 7) is 0.501. The molecule has 7 heteroatoms. The number of aliphatic hydroxyl groups is 1. The third-order valence-corrected chi connectivity index (χ3v) is 3.92. The fourth-order valence-corrected chi connectivity index (χ4v) is 2.73. The molecule has 2 aromatic rings. The van der Waals surface area contributed by atoms with Gasteiger partial charge in [0.25, 0.3) is 5.91 Å². The van der Waals surface area contributed by atoms with Crippen molar-refractivity contribution in [1.82, 2.24) is 10.3 Å². The number of thiophene rings is 1. The Balaban J connectivity index is 1.88. The van der Waals surface area contributed by atoms with Crippen molar-refractivity contribution in [3.05, 3.63) is 38.5 Å². The van der Waals surface area contributed by atoms with E-state index in [2.05, 4.69) is 10.3 Å². The molecule has 0 spiro atoms. The Morgan fingerprint density at radius 3 is 3.00 bits per heavy atom. The zero-order valence-corrected chi connectivity index (χ0v) is 11.1. The number of thiazole rings is 1. The van der Waals surface area contributed by atoms with Gasteiger partial charge in [0.05, 0.1) is 6.10 Å². The molecule has 0 aliphatic carbocycles. The summed E-state index contributed by atoms with van der Waals surface area (Å²) >= 11 is 2.86. The lowest BCUT2D eigenvalue weighted by Crippen LogP contribution is -2.28. The highest BCUT2D eigenvalue weighted by molar-refractivity contribution is 7.09. The summed E-state index contributed by atoms with van der Waals surface area (Å²) in [5.41, 5.74) is 6.58. The van der Waals surface area contributed by atoms with Crippen molar-refractivity contribution < 1.29 is 9.90 Å². The van der Waals surface area contributed by atoms with Crippen LogP contribution in [0.5, 0.6) is 0 Å². The van der Waals surface area contributed by atoms with Crippen molar-refractivity contribution >= 4 is 28.6 Å². The Hall–Kier alpha value is -1.28. The monoisotopic (exact) mass is 283 g/mol. The van der Waals surface area contributed by atoms with E-state index in [0.717, 1.165) is 10.6 Å². The second kappa shape index (κ2) is 6.05. The van der Waals surface area contributed by atoms with Crippen molar-refractivity contribution in [1.29, 1.82) is 0 Å². The predicted molar refractivity (Wildman–Crippen MR) is 71.6 cm³/mol. The number of hydrogen-bond acceptors (Lipinski definition) is 6. The van der Waals surface area contributed by atoms with Crippen LogP contribution in [0.15, 0.2) is 22.2 Å². The van der Waals surface area contributed by atoms with E-state index >= 15 is 0 Å². The van der Waals surface area contributed by atoms with Crippen LogP contribution < -0.4 is 11.1 Å². The van der Waals surface area contributed by atoms with E-state index < -0.39 is 6.10 Å². The number of nitrogens with two attached hydrogens (primary N) is 1. The molecule has 0 aliphatic heterocycles. The van der Waals surface area contributed by atoms with Crippen LogP contribution in [0.4, 0.5) is 0 Å². The summed E-state index contributed by atoms with van der Waals surface area (Å²) in [4.78, 5) is 15.8. The highest BCUT2D eigenvalue weighted by Gasteiger charge is 2.13. The highest BCUT2D eigenvalue weighted by Crippen LogP contribution is 2.15. The Labute approximate surface area is 112 Å². The fourth-order valence-electron chi connectivity index (χ4n) is 1.37. The summed E-state index contributed by atoms with van der Waals surface area (Å²) in [7, 11) is 0. The number of nitrogens with zero attached hydrogens (tertiary/aromatic N) is 1. The van der Waals surface area contributed by atoms with Crippen LogP contribution in [-0.2, 0) is 6.54 Å². The first-order valence-corrected chi connectivity index (χ1v) is 7.15. The summed E-state index contributed by atoms with van der Waals surface area (Å²) in [5.74, 6) is -0.291. The average molecular weight is 283 g/mol. The second-order valence-corrected chi connectivity index (χ2v) is 5.34. The van der Waals surface area contributed by atoms with Crippen molar-refractivity contribution in [2.24, 2.45) is 5.73 Å². The minimum Gasteiger partial charge on any atom is -0.387 e. The number of rotatable bonds is 5. The standard InChI is InChI=1S/C11H13N3O2S2/c12-3-10-14-8(6-18-10)11(16)13-4-9(15)7-1-2-17-5-7/h1-2,5-6,9,15H,3-4,12H2,(H,13,16). The number of aliphatic hydroxyl groups excluding tert-OH is 1. The molecule has 0 saturated carbocycles. The van der Waals surface area contributed by atoms with Crippen molar-refractivity contribution in [2.45, 2.75) is 12.6 Å². The zero-order chi connectivity index (χ0) is 13.0. The van der Waals surface area contributed by atoms with Gasteiger partial charge in [-0.05, 0) is 22.4 Å². The van der Waals surface area contributed by atoms with Crippen LogP contribution in [0, 0.1) is 0 Å². The van der Waals surface area contributed by atoms with E-state index in [4.69, 9.17) is 5.73 Å². The van der Waals surface area contributed by atoms with E-state index in [1.54, 1.807) is 5.38 Å². The molecule has 0 saturated heterocycles. The van der Waals surface area contributed by atoms with Gasteiger partial charge in [0.15, 0.2) is 0 Å². The molecule has 0 radical (unpaired) electrons. The Bertz CT molecular complexity index is 510. The number of hydrogen-bond donors (Lipinski definition) is 3. The van der Waals surface area contributed by atoms with Gasteiger partial charge in [-0.25, -0.2) is 4.98 Å². The molecule has 1 unspecified atom stereocenters. The summed E-state index contributed by atoms with van der Waals surface area (Å²) in [6.07, 6.45) is -0.687. The fraction of sp³-hybridized carbons (Fsp3) is 0.273. The van der Waals surface area contributed by atoms with Gasteiger partial charge in [0.2, 0.25) is 0 Å². The lowest BCUT2D eigenvalue weighted by atomic mass is 10.2. The normalized spacial score (nSPS) is 12.3. The first-order valence-electron chi connectivity index (χ1n) is 5.33. The number of carbonyl (C=O) groups is 1. The third kappa shape index (κ3) is 3.14. The molecule has 2 aromatic heterocycles. The van der Waals surface area contributed by atoms with Crippen molar-refractivity contribution in [3.8, 4) is 0 Å². The number of carbonyl (C=O) groups excluding carboxylic acids is 1. The average Bonchev–Trinajstić information content (AvgIpc) is 3.05. The lowest BCUT2D eigenvalue weighted by Gasteiger charge is -2.09. The predicted octanol–water partition coefficient (Wildman–Crippen LogP) is 1.13. The first kappa shape index (κ1) is 13.2. The molecule has 18 heavy (non-hydrogen) atoms. The maximum atomic E-state index is 11.7. The van der Waals surface area contributed by atoms with E-state index in [9.17, 15) is 9.90 Å². The van der Waals surface area contributed by atoms with Gasteiger partial charge < -0.3 is 16.2 Å². The third-order valence-electron chi connectivity index (χ3n) is 2.34. The van der Waals surface area contributed by atoms with Gasteiger partial charge >= 0.3 is 0 Å². The summed E-state index contributed by atoms with van der Waals surface area (Å²) in [5, 5.41) is 18.6. The number of aromatic nitrogens is 1. The van der Waals surface area contributed by atoms with E-state index in [0.29, 0.717) is 12.2 Å². The molecule has 1 amide bonds. The van der Waals surface area contributed by atoms with Gasteiger partial charge in [0.1, 0.15) is 10.7 Å². The maximum absolute atomic E-state index is 11.7. The first-order chi connectivity index (χ1) is 8.70. The topological polar surface area (TPSA) is 88.2 Å². The van der Waals surface area contributed by atoms with Crippen LogP contribution in [-0.4, -0.2) is 22.5 Å². The zero-order valence-electron chi connectivity index (χ0n) is 9.50. The molecule has 0 aromatic carbocycles. The van der Waals surface area contributed by atoms with E-state index in [-0.39, 0.29) is 12.5 Å². The van der Waals surface area contributed by atoms with Gasteiger partial charge in [0, 0.05) is 18.5 Å².